The standard InChI is InChI=1S/C23H13ClN4S2/c24-16-9-10-21-18(11-16)26-22(17-3-1-2-4-20(17)30-21)28-23-27-19(13-29-23)15-7-5-14(12-25)6-8-15/h1-11,13H,(H,26,27,28). The van der Waals surface area contributed by atoms with Gasteiger partial charge >= 0.3 is 0 Å². The molecule has 144 valence electrons. The van der Waals surface area contributed by atoms with Crippen molar-refractivity contribution in [3.63, 3.8) is 0 Å². The van der Waals surface area contributed by atoms with Crippen molar-refractivity contribution >= 4 is 51.4 Å². The topological polar surface area (TPSA) is 61.1 Å². The van der Waals surface area contributed by atoms with Crippen LogP contribution in [0.1, 0.15) is 11.1 Å². The van der Waals surface area contributed by atoms with E-state index in [1.165, 1.54) is 11.3 Å². The molecular weight excluding hydrogens is 432 g/mol. The second-order valence-electron chi connectivity index (χ2n) is 6.53. The van der Waals surface area contributed by atoms with Gasteiger partial charge in [0.15, 0.2) is 0 Å². The van der Waals surface area contributed by atoms with Crippen LogP contribution in [0, 0.1) is 11.3 Å². The van der Waals surface area contributed by atoms with E-state index in [1.807, 2.05) is 47.8 Å². The number of nitrogens with one attached hydrogen (secondary N) is 1. The average Bonchev–Trinajstić information content (AvgIpc) is 3.18. The Morgan fingerprint density at radius 3 is 2.67 bits per heavy atom. The summed E-state index contributed by atoms with van der Waals surface area (Å²) in [6.07, 6.45) is 0. The molecule has 1 aliphatic heterocycles. The number of anilines is 1. The Labute approximate surface area is 186 Å². The van der Waals surface area contributed by atoms with Crippen LogP contribution in [-0.4, -0.2) is 10.8 Å². The van der Waals surface area contributed by atoms with E-state index in [2.05, 4.69) is 28.5 Å². The van der Waals surface area contributed by atoms with Crippen LogP contribution in [0.2, 0.25) is 5.02 Å². The van der Waals surface area contributed by atoms with Gasteiger partial charge in [-0.2, -0.15) is 5.26 Å². The molecule has 0 fully saturated rings. The van der Waals surface area contributed by atoms with E-state index in [4.69, 9.17) is 21.9 Å². The quantitative estimate of drug-likeness (QED) is 0.362. The number of nitriles is 1. The number of fused-ring (bicyclic) bond motifs is 2. The molecule has 4 nitrogen and oxygen atoms in total. The Morgan fingerprint density at radius 1 is 1.00 bits per heavy atom. The van der Waals surface area contributed by atoms with Crippen LogP contribution < -0.4 is 5.32 Å². The summed E-state index contributed by atoms with van der Waals surface area (Å²) in [5.74, 6) is 0.736. The Kier molecular flexibility index (Phi) is 5.01. The molecule has 1 N–H and O–H groups in total. The van der Waals surface area contributed by atoms with E-state index in [0.717, 1.165) is 38.1 Å². The molecule has 0 unspecified atom stereocenters. The van der Waals surface area contributed by atoms with Crippen molar-refractivity contribution in [2.24, 2.45) is 4.99 Å². The van der Waals surface area contributed by atoms with E-state index in [9.17, 15) is 0 Å². The van der Waals surface area contributed by atoms with Gasteiger partial charge in [0.1, 0.15) is 5.84 Å². The lowest BCUT2D eigenvalue weighted by atomic mass is 10.1. The zero-order valence-corrected chi connectivity index (χ0v) is 17.9. The highest BCUT2D eigenvalue weighted by atomic mass is 35.5. The lowest BCUT2D eigenvalue weighted by molar-refractivity contribution is 1.33. The third kappa shape index (κ3) is 3.71. The third-order valence-corrected chi connectivity index (χ3v) is 6.69. The Morgan fingerprint density at radius 2 is 1.83 bits per heavy atom. The molecule has 1 aliphatic rings. The van der Waals surface area contributed by atoms with Crippen molar-refractivity contribution in [1.82, 2.24) is 4.98 Å². The SMILES string of the molecule is N#Cc1ccc(-c2csc(/N=C3\Nc4cc(Cl)ccc4Sc4ccccc43)n2)cc1. The van der Waals surface area contributed by atoms with Gasteiger partial charge in [-0.25, -0.2) is 9.98 Å². The van der Waals surface area contributed by atoms with Crippen LogP contribution in [0.5, 0.6) is 0 Å². The van der Waals surface area contributed by atoms with Gasteiger partial charge in [-0.1, -0.05) is 53.7 Å². The highest BCUT2D eigenvalue weighted by molar-refractivity contribution is 7.99. The van der Waals surface area contributed by atoms with E-state index < -0.39 is 0 Å². The molecular formula is C23H13ClN4S2. The van der Waals surface area contributed by atoms with Crippen LogP contribution in [0.25, 0.3) is 11.3 Å². The van der Waals surface area contributed by atoms with Crippen molar-refractivity contribution in [1.29, 1.82) is 5.26 Å². The van der Waals surface area contributed by atoms with Crippen molar-refractivity contribution < 1.29 is 0 Å². The Bertz CT molecular complexity index is 1320. The van der Waals surface area contributed by atoms with Gasteiger partial charge in [-0.05, 0) is 36.4 Å². The lowest BCUT2D eigenvalue weighted by Gasteiger charge is -2.09. The van der Waals surface area contributed by atoms with Crippen molar-refractivity contribution in [3.05, 3.63) is 88.3 Å². The van der Waals surface area contributed by atoms with Gasteiger partial charge in [0.05, 0.1) is 23.0 Å². The fraction of sp³-hybridized carbons (Fsp3) is 0. The van der Waals surface area contributed by atoms with Gasteiger partial charge in [0.2, 0.25) is 5.13 Å². The summed E-state index contributed by atoms with van der Waals surface area (Å²) in [7, 11) is 0. The minimum absolute atomic E-state index is 0.628. The smallest absolute Gasteiger partial charge is 0.211 e. The summed E-state index contributed by atoms with van der Waals surface area (Å²) in [4.78, 5) is 11.7. The largest absolute Gasteiger partial charge is 0.339 e. The van der Waals surface area contributed by atoms with E-state index in [1.54, 1.807) is 23.9 Å². The van der Waals surface area contributed by atoms with Gasteiger partial charge in [-0.3, -0.25) is 0 Å². The average molecular weight is 445 g/mol. The molecule has 0 atom stereocenters. The molecule has 3 aromatic carbocycles. The van der Waals surface area contributed by atoms with Crippen LogP contribution in [0.4, 0.5) is 10.8 Å². The number of thiazole rings is 1. The summed E-state index contributed by atoms with van der Waals surface area (Å²) in [5, 5.41) is 15.7. The molecule has 0 saturated heterocycles. The van der Waals surface area contributed by atoms with E-state index >= 15 is 0 Å². The van der Waals surface area contributed by atoms with Crippen molar-refractivity contribution in [2.75, 3.05) is 5.32 Å². The molecule has 7 heteroatoms. The second-order valence-corrected chi connectivity index (χ2v) is 8.89. The number of nitrogens with zero attached hydrogens (tertiary/aromatic N) is 3. The van der Waals surface area contributed by atoms with Gasteiger partial charge in [0.25, 0.3) is 0 Å². The number of hydrogen-bond donors (Lipinski definition) is 1. The fourth-order valence-electron chi connectivity index (χ4n) is 3.10. The van der Waals surface area contributed by atoms with Crippen LogP contribution in [-0.2, 0) is 0 Å². The highest BCUT2D eigenvalue weighted by Gasteiger charge is 2.19. The first-order chi connectivity index (χ1) is 14.7. The van der Waals surface area contributed by atoms with Gasteiger partial charge in [0, 0.05) is 31.3 Å². The first kappa shape index (κ1) is 18.9. The molecule has 0 spiro atoms. The van der Waals surface area contributed by atoms with E-state index in [0.29, 0.717) is 15.7 Å². The number of rotatable bonds is 2. The van der Waals surface area contributed by atoms with Gasteiger partial charge in [-0.15, -0.1) is 11.3 Å². The number of halogens is 1. The zero-order valence-electron chi connectivity index (χ0n) is 15.5. The maximum absolute atomic E-state index is 8.98. The molecule has 2 heterocycles. The third-order valence-electron chi connectivity index (χ3n) is 4.57. The normalized spacial score (nSPS) is 13.7. The minimum atomic E-state index is 0.628. The molecule has 30 heavy (non-hydrogen) atoms. The molecule has 0 aliphatic carbocycles. The predicted molar refractivity (Wildman–Crippen MR) is 124 cm³/mol. The molecule has 0 saturated carbocycles. The second kappa shape index (κ2) is 7.96. The summed E-state index contributed by atoms with van der Waals surface area (Å²) in [6, 6.07) is 23.5. The maximum Gasteiger partial charge on any atom is 0.211 e. The molecule has 0 amide bonds. The molecule has 0 bridgehead atoms. The fourth-order valence-corrected chi connectivity index (χ4v) is 4.99. The summed E-state index contributed by atoms with van der Waals surface area (Å²) in [5.41, 5.74) is 4.36. The monoisotopic (exact) mass is 444 g/mol. The van der Waals surface area contributed by atoms with Crippen LogP contribution in [0.3, 0.4) is 0 Å². The van der Waals surface area contributed by atoms with Crippen LogP contribution >= 0.6 is 34.7 Å². The number of hydrogen-bond acceptors (Lipinski definition) is 5. The summed E-state index contributed by atoms with van der Waals surface area (Å²) in [6.45, 7) is 0. The molecule has 5 rings (SSSR count). The number of amidine groups is 1. The number of benzene rings is 3. The first-order valence-electron chi connectivity index (χ1n) is 9.08. The predicted octanol–water partition coefficient (Wildman–Crippen LogP) is 6.99. The van der Waals surface area contributed by atoms with E-state index in [-0.39, 0.29) is 0 Å². The molecule has 1 aromatic heterocycles. The van der Waals surface area contributed by atoms with Crippen LogP contribution in [0.15, 0.2) is 86.9 Å². The Hall–Kier alpha value is -3.11. The highest BCUT2D eigenvalue weighted by Crippen LogP contribution is 2.40. The molecule has 0 radical (unpaired) electrons. The lowest BCUT2D eigenvalue weighted by Crippen LogP contribution is -2.13. The molecule has 4 aromatic rings. The van der Waals surface area contributed by atoms with Crippen molar-refractivity contribution in [3.8, 4) is 17.3 Å². The Balaban J connectivity index is 1.55. The summed E-state index contributed by atoms with van der Waals surface area (Å²) < 4.78 is 0. The number of aliphatic imine (C=N–C) groups is 1. The summed E-state index contributed by atoms with van der Waals surface area (Å²) >= 11 is 9.39. The minimum Gasteiger partial charge on any atom is -0.339 e. The van der Waals surface area contributed by atoms with Crippen molar-refractivity contribution in [2.45, 2.75) is 9.79 Å². The first-order valence-corrected chi connectivity index (χ1v) is 11.2. The zero-order chi connectivity index (χ0) is 20.5. The van der Waals surface area contributed by atoms with Gasteiger partial charge < -0.3 is 5.32 Å². The number of aromatic nitrogens is 1. The maximum atomic E-state index is 8.98.